The molecule has 1 heterocycles. The maximum atomic E-state index is 12.4. The average molecular weight is 332 g/mol. The number of carbonyl (C=O) groups is 2. The van der Waals surface area contributed by atoms with E-state index in [1.165, 1.54) is 0 Å². The second kappa shape index (κ2) is 9.25. The van der Waals surface area contributed by atoms with Crippen molar-refractivity contribution in [1.29, 1.82) is 0 Å². The van der Waals surface area contributed by atoms with E-state index in [9.17, 15) is 13.8 Å². The predicted molar refractivity (Wildman–Crippen MR) is 87.0 cm³/mol. The highest BCUT2D eigenvalue weighted by molar-refractivity contribution is 7.84. The molecule has 0 radical (unpaired) electrons. The van der Waals surface area contributed by atoms with Crippen LogP contribution < -0.4 is 5.32 Å². The third kappa shape index (κ3) is 6.04. The summed E-state index contributed by atoms with van der Waals surface area (Å²) in [5.74, 6) is -0.220. The summed E-state index contributed by atoms with van der Waals surface area (Å²) in [6.07, 6.45) is 3.48. The molecule has 7 heteroatoms. The quantitative estimate of drug-likeness (QED) is 0.662. The molecule has 1 saturated heterocycles. The Morgan fingerprint density at radius 2 is 2.09 bits per heavy atom. The lowest BCUT2D eigenvalue weighted by atomic mass is 10.1. The van der Waals surface area contributed by atoms with Gasteiger partial charge in [-0.1, -0.05) is 6.92 Å². The van der Waals surface area contributed by atoms with Gasteiger partial charge in [0, 0.05) is 22.8 Å². The van der Waals surface area contributed by atoms with Crippen molar-refractivity contribution in [3.05, 3.63) is 0 Å². The standard InChI is InChI=1S/C15H28N2O4S/c1-5-17-9-6-7-13(17)14(18)16-12(8-10-22(4)20)15(19)21-11(2)3/h11-13H,5-10H2,1-4H3,(H,16,18)/t12-,13-,22?/m0/s1. The van der Waals surface area contributed by atoms with Gasteiger partial charge in [0.25, 0.3) is 0 Å². The number of esters is 1. The fourth-order valence-electron chi connectivity index (χ4n) is 2.62. The van der Waals surface area contributed by atoms with Crippen molar-refractivity contribution in [2.24, 2.45) is 0 Å². The minimum atomic E-state index is -1.01. The van der Waals surface area contributed by atoms with Crippen molar-refractivity contribution in [1.82, 2.24) is 10.2 Å². The zero-order chi connectivity index (χ0) is 16.7. The number of amides is 1. The fraction of sp³-hybridized carbons (Fsp3) is 0.867. The molecule has 1 rings (SSSR count). The summed E-state index contributed by atoms with van der Waals surface area (Å²) in [5, 5.41) is 2.79. The van der Waals surface area contributed by atoms with Gasteiger partial charge in [-0.3, -0.25) is 13.9 Å². The summed E-state index contributed by atoms with van der Waals surface area (Å²) in [6, 6.07) is -0.899. The number of rotatable bonds is 8. The lowest BCUT2D eigenvalue weighted by molar-refractivity contribution is -0.151. The molecule has 22 heavy (non-hydrogen) atoms. The number of hydrogen-bond donors (Lipinski definition) is 1. The highest BCUT2D eigenvalue weighted by Crippen LogP contribution is 2.17. The van der Waals surface area contributed by atoms with E-state index in [0.717, 1.165) is 25.9 Å². The van der Waals surface area contributed by atoms with Crippen molar-refractivity contribution < 1.29 is 18.5 Å². The number of nitrogens with one attached hydrogen (secondary N) is 1. The average Bonchev–Trinajstić information content (AvgIpc) is 2.90. The van der Waals surface area contributed by atoms with Gasteiger partial charge in [0.2, 0.25) is 5.91 Å². The molecule has 0 aromatic carbocycles. The van der Waals surface area contributed by atoms with E-state index in [0.29, 0.717) is 12.2 Å². The first-order valence-electron chi connectivity index (χ1n) is 7.90. The number of hydrogen-bond acceptors (Lipinski definition) is 5. The summed E-state index contributed by atoms with van der Waals surface area (Å²) >= 11 is 0. The van der Waals surface area contributed by atoms with Crippen LogP contribution in [-0.2, 0) is 25.1 Å². The Morgan fingerprint density at radius 3 is 2.64 bits per heavy atom. The lowest BCUT2D eigenvalue weighted by Crippen LogP contribution is -2.50. The molecule has 1 unspecified atom stereocenters. The van der Waals surface area contributed by atoms with Crippen LogP contribution in [0.15, 0.2) is 0 Å². The van der Waals surface area contributed by atoms with Crippen LogP contribution in [0.2, 0.25) is 0 Å². The molecule has 1 N–H and O–H groups in total. The summed E-state index contributed by atoms with van der Waals surface area (Å²) in [7, 11) is -1.01. The molecule has 1 aliphatic rings. The fourth-order valence-corrected chi connectivity index (χ4v) is 3.18. The van der Waals surface area contributed by atoms with Crippen molar-refractivity contribution in [3.8, 4) is 0 Å². The Labute approximate surface area is 135 Å². The summed E-state index contributed by atoms with van der Waals surface area (Å²) in [5.41, 5.74) is 0. The van der Waals surface area contributed by atoms with Gasteiger partial charge in [0.05, 0.1) is 12.1 Å². The number of likely N-dealkylation sites (tertiary alicyclic amines) is 1. The number of carbonyl (C=O) groups excluding carboxylic acids is 2. The maximum Gasteiger partial charge on any atom is 0.328 e. The van der Waals surface area contributed by atoms with E-state index in [1.54, 1.807) is 20.1 Å². The van der Waals surface area contributed by atoms with E-state index < -0.39 is 22.8 Å². The molecule has 3 atom stereocenters. The molecule has 1 aliphatic heterocycles. The molecule has 0 bridgehead atoms. The van der Waals surface area contributed by atoms with E-state index >= 15 is 0 Å². The van der Waals surface area contributed by atoms with Crippen LogP contribution in [0.3, 0.4) is 0 Å². The van der Waals surface area contributed by atoms with Crippen LogP contribution in [0.1, 0.15) is 40.0 Å². The van der Waals surface area contributed by atoms with Crippen LogP contribution in [0, 0.1) is 0 Å². The zero-order valence-corrected chi connectivity index (χ0v) is 14.8. The Hall–Kier alpha value is -0.950. The molecule has 0 aliphatic carbocycles. The van der Waals surface area contributed by atoms with E-state index in [-0.39, 0.29) is 18.1 Å². The summed E-state index contributed by atoms with van der Waals surface area (Å²) in [6.45, 7) is 7.29. The normalized spacial score (nSPS) is 21.6. The van der Waals surface area contributed by atoms with Gasteiger partial charge in [0.1, 0.15) is 6.04 Å². The van der Waals surface area contributed by atoms with E-state index in [4.69, 9.17) is 4.74 Å². The number of likely N-dealkylation sites (N-methyl/N-ethyl adjacent to an activating group) is 1. The second-order valence-electron chi connectivity index (χ2n) is 5.90. The van der Waals surface area contributed by atoms with Crippen molar-refractivity contribution in [2.75, 3.05) is 25.1 Å². The molecule has 0 saturated carbocycles. The Kier molecular flexibility index (Phi) is 8.03. The third-order valence-corrected chi connectivity index (χ3v) is 4.53. The van der Waals surface area contributed by atoms with Crippen LogP contribution >= 0.6 is 0 Å². The van der Waals surface area contributed by atoms with Gasteiger partial charge < -0.3 is 10.1 Å². The van der Waals surface area contributed by atoms with Gasteiger partial charge in [-0.25, -0.2) is 4.79 Å². The summed E-state index contributed by atoms with van der Waals surface area (Å²) in [4.78, 5) is 26.7. The lowest BCUT2D eigenvalue weighted by Gasteiger charge is -2.25. The van der Waals surface area contributed by atoms with Crippen LogP contribution in [-0.4, -0.2) is 64.3 Å². The summed E-state index contributed by atoms with van der Waals surface area (Å²) < 4.78 is 16.5. The monoisotopic (exact) mass is 332 g/mol. The van der Waals surface area contributed by atoms with Gasteiger partial charge in [-0.05, 0) is 46.2 Å². The van der Waals surface area contributed by atoms with E-state index in [2.05, 4.69) is 10.2 Å². The molecule has 0 aromatic heterocycles. The third-order valence-electron chi connectivity index (χ3n) is 3.72. The minimum Gasteiger partial charge on any atom is -0.461 e. The van der Waals surface area contributed by atoms with Gasteiger partial charge >= 0.3 is 5.97 Å². The van der Waals surface area contributed by atoms with E-state index in [1.807, 2.05) is 6.92 Å². The molecule has 6 nitrogen and oxygen atoms in total. The Balaban J connectivity index is 2.67. The smallest absolute Gasteiger partial charge is 0.328 e. The Bertz CT molecular complexity index is 414. The first-order chi connectivity index (χ1) is 10.3. The van der Waals surface area contributed by atoms with Gasteiger partial charge in [0.15, 0.2) is 0 Å². The van der Waals surface area contributed by atoms with Gasteiger partial charge in [-0.2, -0.15) is 0 Å². The number of ether oxygens (including phenoxy) is 1. The molecular weight excluding hydrogens is 304 g/mol. The molecule has 1 fully saturated rings. The van der Waals surface area contributed by atoms with Crippen LogP contribution in [0.25, 0.3) is 0 Å². The second-order valence-corrected chi connectivity index (χ2v) is 7.45. The minimum absolute atomic E-state index is 0.132. The topological polar surface area (TPSA) is 75.7 Å². The van der Waals surface area contributed by atoms with Crippen LogP contribution in [0.4, 0.5) is 0 Å². The highest BCUT2D eigenvalue weighted by Gasteiger charge is 2.32. The molecule has 128 valence electrons. The Morgan fingerprint density at radius 1 is 1.41 bits per heavy atom. The van der Waals surface area contributed by atoms with Crippen molar-refractivity contribution >= 4 is 22.7 Å². The number of nitrogens with zero attached hydrogens (tertiary/aromatic N) is 1. The largest absolute Gasteiger partial charge is 0.461 e. The first-order valence-corrected chi connectivity index (χ1v) is 9.62. The zero-order valence-electron chi connectivity index (χ0n) is 14.0. The van der Waals surface area contributed by atoms with Gasteiger partial charge in [-0.15, -0.1) is 0 Å². The SMILES string of the molecule is CCN1CCC[C@H]1C(=O)N[C@@H](CCS(C)=O)C(=O)OC(C)C. The molecular formula is C15H28N2O4S. The first kappa shape index (κ1) is 19.1. The molecule has 1 amide bonds. The van der Waals surface area contributed by atoms with Crippen molar-refractivity contribution in [3.63, 3.8) is 0 Å². The highest BCUT2D eigenvalue weighted by atomic mass is 32.2. The maximum absolute atomic E-state index is 12.4. The molecule has 0 aromatic rings. The predicted octanol–water partition coefficient (Wildman–Crippen LogP) is 0.676. The molecule has 0 spiro atoms. The van der Waals surface area contributed by atoms with Crippen molar-refractivity contribution in [2.45, 2.75) is 58.2 Å². The van der Waals surface area contributed by atoms with Crippen LogP contribution in [0.5, 0.6) is 0 Å².